The molecule has 2 saturated heterocycles. The molecule has 4 aliphatic rings. The highest BCUT2D eigenvalue weighted by atomic mass is 32.2. The number of nitrogens with zero attached hydrogens (tertiary/aromatic N) is 8. The van der Waals surface area contributed by atoms with Crippen LogP contribution in [0.2, 0.25) is 0 Å². The number of thioether (sulfide) groups is 1. The lowest BCUT2D eigenvalue weighted by Gasteiger charge is -2.38. The highest BCUT2D eigenvalue weighted by Gasteiger charge is 2.43. The minimum Gasteiger partial charge on any atom is -0.486 e. The van der Waals surface area contributed by atoms with Crippen molar-refractivity contribution in [1.29, 1.82) is 5.26 Å². The summed E-state index contributed by atoms with van der Waals surface area (Å²) >= 11 is 1.47. The van der Waals surface area contributed by atoms with Crippen LogP contribution in [0.1, 0.15) is 120 Å². The second-order valence-corrected chi connectivity index (χ2v) is 21.8. The lowest BCUT2D eigenvalue weighted by molar-refractivity contribution is -0.139. The number of likely N-dealkylation sites (tertiary alicyclic amines) is 2. The van der Waals surface area contributed by atoms with Crippen molar-refractivity contribution in [2.45, 2.75) is 141 Å². The van der Waals surface area contributed by atoms with Crippen LogP contribution in [-0.4, -0.2) is 146 Å². The first-order valence-corrected chi connectivity index (χ1v) is 28.5. The number of nitrogens with one attached hydrogen (secondary N) is 3. The molecule has 0 radical (unpaired) electrons. The van der Waals surface area contributed by atoms with Crippen molar-refractivity contribution >= 4 is 57.9 Å². The summed E-state index contributed by atoms with van der Waals surface area (Å²) in [6, 6.07) is 6.97. The van der Waals surface area contributed by atoms with Crippen molar-refractivity contribution in [3.63, 3.8) is 0 Å². The smallest absolute Gasteiger partial charge is 0.246 e. The van der Waals surface area contributed by atoms with Crippen LogP contribution in [0.25, 0.3) is 11.1 Å². The first kappa shape index (κ1) is 59.7. The minimum absolute atomic E-state index is 0.0174. The monoisotopic (exact) mass is 1110 g/mol. The highest BCUT2D eigenvalue weighted by molar-refractivity contribution is 8.14. The van der Waals surface area contributed by atoms with Gasteiger partial charge >= 0.3 is 0 Å². The number of halogens is 2. The van der Waals surface area contributed by atoms with Crippen LogP contribution in [0.5, 0.6) is 5.75 Å². The summed E-state index contributed by atoms with van der Waals surface area (Å²) in [5.41, 5.74) is 8.12. The number of aromatic nitrogens is 3. The van der Waals surface area contributed by atoms with Crippen molar-refractivity contribution in [2.75, 3.05) is 51.8 Å². The Morgan fingerprint density at radius 3 is 2.43 bits per heavy atom. The molecule has 0 spiro atoms. The maximum absolute atomic E-state index is 14.8. The molecule has 1 aromatic carbocycles. The number of likely N-dealkylation sites (N-methyl/N-ethyl adjacent to an activating group) is 1. The number of allylic oxidation sites excluding steroid dienone is 3. The van der Waals surface area contributed by atoms with E-state index in [1.165, 1.54) is 65.4 Å². The Balaban J connectivity index is 0.835. The topological polar surface area (TPSA) is 250 Å². The molecule has 6 atom stereocenters. The van der Waals surface area contributed by atoms with Crippen LogP contribution in [-0.2, 0) is 37.1 Å². The normalized spacial score (nSPS) is 20.7. The number of ketones is 1. The number of hydrogen-bond donors (Lipinski definition) is 4. The van der Waals surface area contributed by atoms with Crippen LogP contribution in [0.3, 0.4) is 0 Å². The first-order chi connectivity index (χ1) is 38.0. The van der Waals surface area contributed by atoms with E-state index in [0.717, 1.165) is 43.6 Å². The summed E-state index contributed by atoms with van der Waals surface area (Å²) in [7, 11) is 3.27. The van der Waals surface area contributed by atoms with Gasteiger partial charge in [0.25, 0.3) is 0 Å². The average Bonchev–Trinajstić information content (AvgIpc) is 4.23. The molecule has 22 heteroatoms. The molecule has 2 bridgehead atoms. The van der Waals surface area contributed by atoms with E-state index in [1.54, 1.807) is 50.5 Å². The van der Waals surface area contributed by atoms with E-state index >= 15 is 0 Å². The molecular weight excluding hydrogens is 1030 g/mol. The fraction of sp³-hybridized carbons (Fsp3) is 0.544. The third kappa shape index (κ3) is 15.2. The molecule has 4 aliphatic heterocycles. The lowest BCUT2D eigenvalue weighted by Crippen LogP contribution is -2.58. The van der Waals surface area contributed by atoms with E-state index in [1.807, 2.05) is 4.90 Å². The van der Waals surface area contributed by atoms with Crippen molar-refractivity contribution in [2.24, 2.45) is 16.8 Å². The molecule has 2 fully saturated rings. The summed E-state index contributed by atoms with van der Waals surface area (Å²) in [4.78, 5) is 95.4. The molecule has 79 heavy (non-hydrogen) atoms. The van der Waals surface area contributed by atoms with Crippen LogP contribution in [0, 0.1) is 29.0 Å². The summed E-state index contributed by atoms with van der Waals surface area (Å²) < 4.78 is 36.0. The fourth-order valence-electron chi connectivity index (χ4n) is 10.6. The van der Waals surface area contributed by atoms with Gasteiger partial charge in [0.05, 0.1) is 41.8 Å². The number of piperidine rings is 1. The zero-order valence-corrected chi connectivity index (χ0v) is 46.7. The average molecular weight is 1110 g/mol. The predicted octanol–water partition coefficient (Wildman–Crippen LogP) is 6.28. The predicted molar refractivity (Wildman–Crippen MR) is 297 cm³/mol. The Kier molecular flexibility index (Phi) is 21.3. The van der Waals surface area contributed by atoms with Gasteiger partial charge in [0, 0.05) is 74.7 Å². The molecule has 5 amide bonds. The summed E-state index contributed by atoms with van der Waals surface area (Å²) in [6.45, 7) is 6.94. The van der Waals surface area contributed by atoms with Crippen molar-refractivity contribution in [3.8, 4) is 22.9 Å². The zero-order valence-electron chi connectivity index (χ0n) is 45.8. The van der Waals surface area contributed by atoms with Crippen molar-refractivity contribution < 1.29 is 42.3 Å². The maximum Gasteiger partial charge on any atom is 0.246 e. The number of rotatable bonds is 22. The van der Waals surface area contributed by atoms with Gasteiger partial charge in [0.15, 0.2) is 23.0 Å². The molecule has 19 nitrogen and oxygen atoms in total. The van der Waals surface area contributed by atoms with Gasteiger partial charge in [-0.05, 0) is 115 Å². The number of pyridine rings is 1. The molecule has 3 aromatic rings. The second kappa shape index (κ2) is 28.2. The molecule has 424 valence electrons. The fourth-order valence-corrected chi connectivity index (χ4v) is 11.8. The summed E-state index contributed by atoms with van der Waals surface area (Å²) in [6.07, 6.45) is 12.9. The molecular formula is C57H74F2N12O7S. The van der Waals surface area contributed by atoms with Crippen LogP contribution < -0.4 is 26.4 Å². The largest absolute Gasteiger partial charge is 0.486 e. The number of Topliss-reactive ketones (excluding diaryl/α,β-unsaturated/α-hetero) is 1. The Bertz CT molecular complexity index is 2830. The van der Waals surface area contributed by atoms with Gasteiger partial charge in [-0.15, -0.1) is 11.8 Å². The lowest BCUT2D eigenvalue weighted by atomic mass is 9.87. The minimum atomic E-state index is -1.03. The van der Waals surface area contributed by atoms with E-state index in [0.29, 0.717) is 86.3 Å². The third-order valence-electron chi connectivity index (χ3n) is 15.2. The van der Waals surface area contributed by atoms with Crippen LogP contribution in [0.15, 0.2) is 65.6 Å². The molecule has 5 N–H and O–H groups in total. The summed E-state index contributed by atoms with van der Waals surface area (Å²) in [5, 5.41) is 24.4. The molecule has 2 unspecified atom stereocenters. The third-order valence-corrected chi connectivity index (χ3v) is 16.4. The van der Waals surface area contributed by atoms with Gasteiger partial charge in [0.1, 0.15) is 35.9 Å². The van der Waals surface area contributed by atoms with Crippen molar-refractivity contribution in [1.82, 2.24) is 45.4 Å². The molecule has 7 rings (SSSR count). The Hall–Kier alpha value is -6.99. The second-order valence-electron chi connectivity index (χ2n) is 20.7. The van der Waals surface area contributed by atoms with Gasteiger partial charge in [-0.25, -0.2) is 13.8 Å². The van der Waals surface area contributed by atoms with Crippen molar-refractivity contribution in [3.05, 3.63) is 83.4 Å². The van der Waals surface area contributed by atoms with E-state index in [2.05, 4.69) is 32.1 Å². The SMILES string of the molecule is C/C=C\C(F)=C/C1C(=O)N(C)Cc2c(c(C#N)nn2CCNC(=O)CCCCCCCCC(=O)N2CCC([C@H](NC(=O)[C@H](C)NC)C(=O)N3CCC[C@H]3C3=NC(C(=O)c4ccc(F)cc4)CS3)CC2)-c2cnc(N)c(c2)O[C@@H]1C. The van der Waals surface area contributed by atoms with Gasteiger partial charge in [-0.1, -0.05) is 31.8 Å². The quantitative estimate of drug-likeness (QED) is 0.0492. The number of carbonyl (C=O) groups excluding carboxylic acids is 6. The first-order valence-electron chi connectivity index (χ1n) is 27.5. The number of benzene rings is 1. The number of fused-ring (bicyclic) bond motifs is 4. The Labute approximate surface area is 465 Å². The number of anilines is 1. The van der Waals surface area contributed by atoms with Crippen LogP contribution in [0.4, 0.5) is 14.6 Å². The van der Waals surface area contributed by atoms with E-state index in [-0.39, 0.29) is 78.3 Å². The number of nitriles is 1. The number of ether oxygens (including phenoxy) is 1. The van der Waals surface area contributed by atoms with Gasteiger partial charge < -0.3 is 41.1 Å². The van der Waals surface area contributed by atoms with E-state index in [9.17, 15) is 42.8 Å². The number of nitrogen functional groups attached to an aromatic ring is 1. The molecule has 2 aromatic heterocycles. The van der Waals surface area contributed by atoms with E-state index in [4.69, 9.17) is 15.5 Å². The summed E-state index contributed by atoms with van der Waals surface area (Å²) in [5.74, 6) is -2.71. The van der Waals surface area contributed by atoms with Gasteiger partial charge in [-0.3, -0.25) is 38.4 Å². The number of hydrogen-bond acceptors (Lipinski definition) is 14. The number of aliphatic imine (C=N–C) groups is 1. The Morgan fingerprint density at radius 2 is 1.73 bits per heavy atom. The standard InChI is InChI=1S/C57H74F2N12O7S/c1-6-14-41(59)30-42-36(3)78-47-29-39(32-64-53(47)61)50-43(31-60)67-71(46(50)33-68(5)56(42)76)28-24-63-48(72)16-11-9-7-8-10-12-17-49(73)69-26-22-37(23-27-69)51(66-54(75)35(2)62-4)57(77)70-25-13-15-45(70)55-65-44(34-79-55)52(74)38-18-20-40(58)21-19-38/h6,14,18-21,29-30,32,35-37,42,44-45,51,62H,7-13,15-17,22-28,33-34H2,1-5H3,(H2,61,64)(H,63,72)(H,66,75)/b14-6-,41-30+/t35-,36+,42?,44?,45-,51-/m0/s1. The van der Waals surface area contributed by atoms with Gasteiger partial charge in [-0.2, -0.15) is 10.4 Å². The number of nitrogens with two attached hydrogens (primary N) is 1. The zero-order chi connectivity index (χ0) is 56.8. The highest BCUT2D eigenvalue weighted by Crippen LogP contribution is 2.36. The number of unbranched alkanes of at least 4 members (excludes halogenated alkanes) is 5. The molecule has 0 aliphatic carbocycles. The van der Waals surface area contributed by atoms with Crippen LogP contribution >= 0.6 is 11.8 Å². The molecule has 0 saturated carbocycles. The number of carbonyl (C=O) groups is 6. The Morgan fingerprint density at radius 1 is 1.03 bits per heavy atom. The maximum atomic E-state index is 14.8. The molecule has 6 heterocycles. The van der Waals surface area contributed by atoms with Gasteiger partial charge in [0.2, 0.25) is 29.5 Å². The number of amides is 5. The van der Waals surface area contributed by atoms with E-state index < -0.39 is 47.7 Å².